The predicted octanol–water partition coefficient (Wildman–Crippen LogP) is 5.08. The van der Waals surface area contributed by atoms with Crippen LogP contribution in [0.2, 0.25) is 0 Å². The van der Waals surface area contributed by atoms with Crippen molar-refractivity contribution in [3.63, 3.8) is 0 Å². The first kappa shape index (κ1) is 28.2. The Hall–Kier alpha value is -3.36. The number of methoxy groups -OCH3 is 2. The summed E-state index contributed by atoms with van der Waals surface area (Å²) in [6, 6.07) is 12.6. The Bertz CT molecular complexity index is 1250. The molecule has 8 nitrogen and oxygen atoms in total. The molecule has 0 radical (unpaired) electrons. The lowest BCUT2D eigenvalue weighted by molar-refractivity contribution is 0.0790. The molecular formula is C28H35ClN4O4. The number of carbonyl (C=O) groups is 2. The van der Waals surface area contributed by atoms with Crippen molar-refractivity contribution in [1.29, 1.82) is 0 Å². The molecule has 0 bridgehead atoms. The van der Waals surface area contributed by atoms with E-state index >= 15 is 0 Å². The van der Waals surface area contributed by atoms with E-state index in [1.54, 1.807) is 35.9 Å². The summed E-state index contributed by atoms with van der Waals surface area (Å²) in [5.74, 6) is 1.14. The molecule has 2 aromatic carbocycles. The molecule has 0 fully saturated rings. The number of carbonyl (C=O) groups excluding carboxylic acids is 2. The number of hydrogen-bond donors (Lipinski definition) is 0. The normalized spacial score (nSPS) is 11.2. The van der Waals surface area contributed by atoms with Gasteiger partial charge in [0.1, 0.15) is 17.2 Å². The second-order valence-electron chi connectivity index (χ2n) is 9.45. The minimum Gasteiger partial charge on any atom is -0.496 e. The van der Waals surface area contributed by atoms with Gasteiger partial charge in [-0.15, -0.1) is 0 Å². The van der Waals surface area contributed by atoms with Gasteiger partial charge in [0.2, 0.25) is 0 Å². The van der Waals surface area contributed by atoms with E-state index in [4.69, 9.17) is 21.1 Å². The molecule has 0 unspecified atom stereocenters. The third-order valence-corrected chi connectivity index (χ3v) is 6.36. The Labute approximate surface area is 223 Å². The fourth-order valence-corrected chi connectivity index (χ4v) is 4.32. The molecule has 1 aromatic heterocycles. The van der Waals surface area contributed by atoms with Gasteiger partial charge >= 0.3 is 0 Å². The summed E-state index contributed by atoms with van der Waals surface area (Å²) in [6.45, 7) is 5.67. The number of aromatic nitrogens is 2. The minimum atomic E-state index is -0.675. The lowest BCUT2D eigenvalue weighted by atomic mass is 9.97. The second kappa shape index (κ2) is 12.3. The summed E-state index contributed by atoms with van der Waals surface area (Å²) in [4.78, 5) is 29.1. The molecule has 0 saturated carbocycles. The Morgan fingerprint density at radius 3 is 2.19 bits per heavy atom. The van der Waals surface area contributed by atoms with E-state index in [0.29, 0.717) is 34.9 Å². The van der Waals surface area contributed by atoms with E-state index in [-0.39, 0.29) is 17.5 Å². The molecular weight excluding hydrogens is 492 g/mol. The molecule has 0 spiro atoms. The van der Waals surface area contributed by atoms with Gasteiger partial charge < -0.3 is 19.3 Å². The van der Waals surface area contributed by atoms with Crippen molar-refractivity contribution in [2.75, 3.05) is 48.5 Å². The molecule has 0 atom stereocenters. The van der Waals surface area contributed by atoms with E-state index in [0.717, 1.165) is 24.2 Å². The summed E-state index contributed by atoms with van der Waals surface area (Å²) in [7, 11) is 8.99. The van der Waals surface area contributed by atoms with Crippen molar-refractivity contribution in [1.82, 2.24) is 19.6 Å². The Morgan fingerprint density at radius 1 is 1.00 bits per heavy atom. The maximum Gasteiger partial charge on any atom is 0.272 e. The summed E-state index contributed by atoms with van der Waals surface area (Å²) < 4.78 is 12.9. The maximum atomic E-state index is 13.2. The standard InChI is InChI=1S/C28H35ClN4O4/c1-18(2)20-16-19(28(35)32(5)15-9-14-31(3)4)12-13-22(20)33-23(17-21(30-33)27(29)34)26-24(36-6)10-8-11-25(26)37-7/h8,10-13,16-18H,9,14-15H2,1-7H3. The van der Waals surface area contributed by atoms with Crippen LogP contribution >= 0.6 is 11.6 Å². The van der Waals surface area contributed by atoms with E-state index in [2.05, 4.69) is 10.00 Å². The zero-order valence-corrected chi connectivity index (χ0v) is 23.3. The van der Waals surface area contributed by atoms with Crippen LogP contribution in [0.4, 0.5) is 0 Å². The SMILES string of the molecule is COc1cccc(OC)c1-c1cc(C(=O)Cl)nn1-c1ccc(C(=O)N(C)CCCN(C)C)cc1C(C)C. The maximum absolute atomic E-state index is 13.2. The molecule has 1 heterocycles. The molecule has 3 aromatic rings. The molecule has 0 saturated heterocycles. The smallest absolute Gasteiger partial charge is 0.272 e. The van der Waals surface area contributed by atoms with Crippen molar-refractivity contribution < 1.29 is 19.1 Å². The van der Waals surface area contributed by atoms with E-state index in [1.807, 2.05) is 65.3 Å². The van der Waals surface area contributed by atoms with E-state index in [9.17, 15) is 9.59 Å². The molecule has 0 aliphatic carbocycles. The molecule has 9 heteroatoms. The first-order valence-electron chi connectivity index (χ1n) is 12.1. The molecule has 0 N–H and O–H groups in total. The van der Waals surface area contributed by atoms with Crippen molar-refractivity contribution in [2.24, 2.45) is 0 Å². The van der Waals surface area contributed by atoms with Crippen LogP contribution in [-0.4, -0.2) is 79.2 Å². The van der Waals surface area contributed by atoms with Crippen LogP contribution in [0.25, 0.3) is 16.9 Å². The van der Waals surface area contributed by atoms with Crippen LogP contribution in [0.5, 0.6) is 11.5 Å². The Morgan fingerprint density at radius 2 is 1.65 bits per heavy atom. The quantitative estimate of drug-likeness (QED) is 0.324. The highest BCUT2D eigenvalue weighted by atomic mass is 35.5. The number of ether oxygens (including phenoxy) is 2. The van der Waals surface area contributed by atoms with Gasteiger partial charge in [-0.2, -0.15) is 5.10 Å². The van der Waals surface area contributed by atoms with Crippen LogP contribution in [-0.2, 0) is 0 Å². The first-order valence-corrected chi connectivity index (χ1v) is 12.5. The largest absolute Gasteiger partial charge is 0.496 e. The summed E-state index contributed by atoms with van der Waals surface area (Å²) in [5, 5.41) is 3.87. The van der Waals surface area contributed by atoms with Crippen LogP contribution < -0.4 is 9.47 Å². The van der Waals surface area contributed by atoms with Gasteiger partial charge in [0.25, 0.3) is 11.1 Å². The van der Waals surface area contributed by atoms with E-state index in [1.165, 1.54) is 0 Å². The third kappa shape index (κ3) is 6.32. The Balaban J connectivity index is 2.13. The second-order valence-corrected chi connectivity index (χ2v) is 9.79. The van der Waals surface area contributed by atoms with Crippen molar-refractivity contribution in [2.45, 2.75) is 26.2 Å². The molecule has 37 heavy (non-hydrogen) atoms. The number of nitrogens with zero attached hydrogens (tertiary/aromatic N) is 4. The van der Waals surface area contributed by atoms with Gasteiger partial charge in [-0.3, -0.25) is 9.59 Å². The van der Waals surface area contributed by atoms with Crippen molar-refractivity contribution in [3.8, 4) is 28.4 Å². The lowest BCUT2D eigenvalue weighted by Crippen LogP contribution is -2.30. The van der Waals surface area contributed by atoms with Crippen LogP contribution in [0, 0.1) is 0 Å². The summed E-state index contributed by atoms with van der Waals surface area (Å²) in [6.07, 6.45) is 0.886. The van der Waals surface area contributed by atoms with Gasteiger partial charge in [0, 0.05) is 19.2 Å². The van der Waals surface area contributed by atoms with Crippen LogP contribution in [0.15, 0.2) is 42.5 Å². The predicted molar refractivity (Wildman–Crippen MR) is 147 cm³/mol. The molecule has 0 aliphatic heterocycles. The molecule has 3 rings (SSSR count). The van der Waals surface area contributed by atoms with Gasteiger partial charge in [-0.05, 0) is 86.5 Å². The van der Waals surface area contributed by atoms with Crippen LogP contribution in [0.3, 0.4) is 0 Å². The molecule has 1 amide bonds. The van der Waals surface area contributed by atoms with Gasteiger partial charge in [0.05, 0.1) is 31.2 Å². The number of halogens is 1. The monoisotopic (exact) mass is 526 g/mol. The van der Waals surface area contributed by atoms with Crippen LogP contribution in [0.1, 0.15) is 52.6 Å². The number of benzene rings is 2. The average Bonchev–Trinajstić information content (AvgIpc) is 3.32. The van der Waals surface area contributed by atoms with Gasteiger partial charge in [-0.1, -0.05) is 19.9 Å². The minimum absolute atomic E-state index is 0.0454. The third-order valence-electron chi connectivity index (χ3n) is 6.16. The topological polar surface area (TPSA) is 76.9 Å². The highest BCUT2D eigenvalue weighted by Crippen LogP contribution is 2.40. The van der Waals surface area contributed by atoms with E-state index < -0.39 is 5.24 Å². The average molecular weight is 527 g/mol. The fraction of sp³-hybridized carbons (Fsp3) is 0.393. The Kier molecular flexibility index (Phi) is 9.34. The molecule has 198 valence electrons. The highest BCUT2D eigenvalue weighted by molar-refractivity contribution is 6.67. The lowest BCUT2D eigenvalue weighted by Gasteiger charge is -2.21. The van der Waals surface area contributed by atoms with Crippen molar-refractivity contribution in [3.05, 3.63) is 59.3 Å². The number of amides is 1. The zero-order valence-electron chi connectivity index (χ0n) is 22.5. The molecule has 0 aliphatic rings. The fourth-order valence-electron chi connectivity index (χ4n) is 4.23. The van der Waals surface area contributed by atoms with Crippen molar-refractivity contribution >= 4 is 22.8 Å². The zero-order chi connectivity index (χ0) is 27.3. The highest BCUT2D eigenvalue weighted by Gasteiger charge is 2.24. The van der Waals surface area contributed by atoms with Gasteiger partial charge in [0.15, 0.2) is 0 Å². The summed E-state index contributed by atoms with van der Waals surface area (Å²) in [5.41, 5.74) is 3.55. The first-order chi connectivity index (χ1) is 17.6. The summed E-state index contributed by atoms with van der Waals surface area (Å²) >= 11 is 5.85. The number of hydrogen-bond acceptors (Lipinski definition) is 6. The van der Waals surface area contributed by atoms with Gasteiger partial charge in [-0.25, -0.2) is 4.68 Å². The number of rotatable bonds is 11.